The number of morpholine rings is 1. The van der Waals surface area contributed by atoms with Crippen LogP contribution in [0.4, 0.5) is 11.9 Å². The molecule has 290 valence electrons. The molecule has 0 atom stereocenters. The number of imidazole rings is 2. The molecule has 6 heterocycles. The zero-order chi connectivity index (χ0) is 39.3. The van der Waals surface area contributed by atoms with Crippen LogP contribution in [0.3, 0.4) is 0 Å². The van der Waals surface area contributed by atoms with Crippen LogP contribution in [0.1, 0.15) is 59.5 Å². The Morgan fingerprint density at radius 2 is 1.41 bits per heavy atom. The van der Waals surface area contributed by atoms with Gasteiger partial charge in [0.2, 0.25) is 23.7 Å². The Labute approximate surface area is 318 Å². The van der Waals surface area contributed by atoms with E-state index in [2.05, 4.69) is 50.9 Å². The first-order valence-electron chi connectivity index (χ1n) is 17.8. The fraction of sp³-hybridized carbons (Fsp3) is 0.306. The number of nitrogens with one attached hydrogen (secondary N) is 4. The quantitative estimate of drug-likeness (QED) is 0.0647. The lowest BCUT2D eigenvalue weighted by Crippen LogP contribution is -2.37. The SMILES string of the molecule is Cc1cc(C(=O)Nc2nc3cc(C(N)=O)cnc3n2C/C=C/Cn2c(NC(=O)c3cc(C)[nH]n3)nc3cc(C(N)=O)cc(OCCCN4CCOCC4)c32)n[nH]1. The molecule has 1 aliphatic rings. The van der Waals surface area contributed by atoms with Crippen LogP contribution >= 0.6 is 0 Å². The second-order valence-electron chi connectivity index (χ2n) is 13.1. The number of aromatic amines is 2. The Balaban J connectivity index is 1.20. The number of nitrogens with two attached hydrogens (primary N) is 2. The fourth-order valence-corrected chi connectivity index (χ4v) is 6.22. The Bertz CT molecular complexity index is 2470. The summed E-state index contributed by atoms with van der Waals surface area (Å²) in [4.78, 5) is 66.6. The van der Waals surface area contributed by atoms with E-state index in [-0.39, 0.29) is 47.5 Å². The summed E-state index contributed by atoms with van der Waals surface area (Å²) in [6.45, 7) is 8.11. The summed E-state index contributed by atoms with van der Waals surface area (Å²) in [6, 6.07) is 7.82. The summed E-state index contributed by atoms with van der Waals surface area (Å²) in [6.07, 6.45) is 5.69. The summed E-state index contributed by atoms with van der Waals surface area (Å²) in [5, 5.41) is 19.2. The second-order valence-corrected chi connectivity index (χ2v) is 13.1. The molecule has 0 aliphatic carbocycles. The number of ether oxygens (including phenoxy) is 2. The zero-order valence-corrected chi connectivity index (χ0v) is 30.7. The molecule has 1 aromatic carbocycles. The topological polar surface area (TPSA) is 272 Å². The highest BCUT2D eigenvalue weighted by Gasteiger charge is 2.22. The third kappa shape index (κ3) is 8.25. The van der Waals surface area contributed by atoms with Crippen molar-refractivity contribution in [3.05, 3.63) is 82.6 Å². The van der Waals surface area contributed by atoms with Crippen molar-refractivity contribution in [1.82, 2.24) is 49.4 Å². The van der Waals surface area contributed by atoms with Gasteiger partial charge in [0.15, 0.2) is 17.0 Å². The van der Waals surface area contributed by atoms with Crippen LogP contribution in [0.5, 0.6) is 5.75 Å². The number of H-pyrrole nitrogens is 2. The standard InChI is InChI=1S/C36H40N14O6/c1-20-14-26(46-44-20)33(53)42-35-40-24-16-22(30(37)51)18-28(56-11-5-6-48-9-12-55-13-10-48)29(24)49(35)7-3-4-8-50-32-25(17-23(19-39-32)31(38)52)41-36(50)43-34(54)27-15-21(2)45-47-27/h3-4,14-19H,5-13H2,1-2H3,(H2,37,51)(H2,38,52)(H,44,46)(H,45,47)(H,40,42,53)(H,41,43,54)/b4-3+. The van der Waals surface area contributed by atoms with E-state index in [0.29, 0.717) is 65.6 Å². The van der Waals surface area contributed by atoms with Gasteiger partial charge in [0.05, 0.1) is 30.9 Å². The number of nitrogens with zero attached hydrogens (tertiary/aromatic N) is 8. The third-order valence-corrected chi connectivity index (χ3v) is 9.01. The van der Waals surface area contributed by atoms with Crippen molar-refractivity contribution in [1.29, 1.82) is 0 Å². The maximum absolute atomic E-state index is 13.3. The van der Waals surface area contributed by atoms with E-state index >= 15 is 0 Å². The molecular weight excluding hydrogens is 724 g/mol. The number of anilines is 2. The van der Waals surface area contributed by atoms with Gasteiger partial charge in [-0.3, -0.25) is 49.5 Å². The first kappa shape index (κ1) is 37.4. The normalized spacial score (nSPS) is 13.5. The number of pyridine rings is 1. The van der Waals surface area contributed by atoms with Gasteiger partial charge in [0.1, 0.15) is 16.8 Å². The van der Waals surface area contributed by atoms with Gasteiger partial charge in [-0.05, 0) is 50.6 Å². The van der Waals surface area contributed by atoms with Crippen molar-refractivity contribution in [2.45, 2.75) is 33.4 Å². The van der Waals surface area contributed by atoms with Gasteiger partial charge in [-0.15, -0.1) is 0 Å². The van der Waals surface area contributed by atoms with Crippen LogP contribution in [-0.4, -0.2) is 112 Å². The lowest BCUT2D eigenvalue weighted by atomic mass is 10.1. The highest BCUT2D eigenvalue weighted by Crippen LogP contribution is 2.31. The van der Waals surface area contributed by atoms with Crippen molar-refractivity contribution in [3.8, 4) is 5.75 Å². The molecule has 1 aliphatic heterocycles. The summed E-state index contributed by atoms with van der Waals surface area (Å²) in [7, 11) is 0. The molecule has 20 nitrogen and oxygen atoms in total. The largest absolute Gasteiger partial charge is 0.491 e. The Morgan fingerprint density at radius 3 is 2.02 bits per heavy atom. The molecule has 1 fully saturated rings. The number of aromatic nitrogens is 9. The number of carbonyl (C=O) groups is 4. The van der Waals surface area contributed by atoms with Crippen molar-refractivity contribution in [3.63, 3.8) is 0 Å². The summed E-state index contributed by atoms with van der Waals surface area (Å²) < 4.78 is 15.2. The molecule has 1 saturated heterocycles. The third-order valence-electron chi connectivity index (χ3n) is 9.01. The Hall–Kier alpha value is -6.93. The molecule has 0 bridgehead atoms. The number of hydrogen-bond donors (Lipinski definition) is 6. The number of allylic oxidation sites excluding steroid dienone is 2. The molecule has 5 aromatic heterocycles. The molecule has 8 N–H and O–H groups in total. The van der Waals surface area contributed by atoms with Gasteiger partial charge < -0.3 is 25.5 Å². The molecule has 56 heavy (non-hydrogen) atoms. The van der Waals surface area contributed by atoms with Crippen LogP contribution in [0.15, 0.2) is 48.7 Å². The molecule has 6 aromatic rings. The molecule has 0 saturated carbocycles. The van der Waals surface area contributed by atoms with E-state index in [9.17, 15) is 19.2 Å². The summed E-state index contributed by atoms with van der Waals surface area (Å²) in [5.74, 6) is -1.65. The fourth-order valence-electron chi connectivity index (χ4n) is 6.22. The minimum Gasteiger partial charge on any atom is -0.491 e. The van der Waals surface area contributed by atoms with Crippen LogP contribution in [0, 0.1) is 13.8 Å². The van der Waals surface area contributed by atoms with E-state index in [4.69, 9.17) is 20.9 Å². The van der Waals surface area contributed by atoms with Crippen LogP contribution in [-0.2, 0) is 17.8 Å². The minimum atomic E-state index is -0.673. The molecule has 4 amide bonds. The number of fused-ring (bicyclic) bond motifs is 2. The Morgan fingerprint density at radius 1 is 0.821 bits per heavy atom. The smallest absolute Gasteiger partial charge is 0.278 e. The maximum atomic E-state index is 13.3. The molecule has 0 unspecified atom stereocenters. The molecule has 0 spiro atoms. The van der Waals surface area contributed by atoms with E-state index in [0.717, 1.165) is 19.6 Å². The number of primary amides is 2. The monoisotopic (exact) mass is 764 g/mol. The number of rotatable bonds is 15. The van der Waals surface area contributed by atoms with Gasteiger partial charge in [-0.25, -0.2) is 15.0 Å². The van der Waals surface area contributed by atoms with Crippen molar-refractivity contribution < 1.29 is 28.7 Å². The molecule has 7 rings (SSSR count). The lowest BCUT2D eigenvalue weighted by molar-refractivity contribution is 0.0358. The summed E-state index contributed by atoms with van der Waals surface area (Å²) >= 11 is 0. The molecular formula is C36H40N14O6. The van der Waals surface area contributed by atoms with E-state index in [1.54, 1.807) is 47.2 Å². The predicted molar refractivity (Wildman–Crippen MR) is 203 cm³/mol. The molecule has 20 heteroatoms. The van der Waals surface area contributed by atoms with E-state index in [1.807, 2.05) is 12.2 Å². The van der Waals surface area contributed by atoms with Crippen LogP contribution in [0.25, 0.3) is 22.2 Å². The first-order chi connectivity index (χ1) is 27.0. The molecule has 0 radical (unpaired) electrons. The predicted octanol–water partition coefficient (Wildman–Crippen LogP) is 1.90. The van der Waals surface area contributed by atoms with Gasteiger partial charge >= 0.3 is 0 Å². The zero-order valence-electron chi connectivity index (χ0n) is 30.7. The first-order valence-corrected chi connectivity index (χ1v) is 17.8. The highest BCUT2D eigenvalue weighted by atomic mass is 16.5. The van der Waals surface area contributed by atoms with Crippen molar-refractivity contribution in [2.75, 3.05) is 50.1 Å². The second kappa shape index (κ2) is 16.2. The van der Waals surface area contributed by atoms with Crippen molar-refractivity contribution in [2.24, 2.45) is 11.5 Å². The van der Waals surface area contributed by atoms with Gasteiger partial charge in [-0.1, -0.05) is 12.2 Å². The highest BCUT2D eigenvalue weighted by molar-refractivity contribution is 6.04. The maximum Gasteiger partial charge on any atom is 0.278 e. The Kier molecular flexibility index (Phi) is 10.8. The number of benzene rings is 1. The average molecular weight is 765 g/mol. The van der Waals surface area contributed by atoms with Gasteiger partial charge in [0, 0.05) is 55.9 Å². The minimum absolute atomic E-state index is 0.156. The van der Waals surface area contributed by atoms with E-state index < -0.39 is 23.6 Å². The number of carbonyl (C=O) groups excluding carboxylic acids is 4. The van der Waals surface area contributed by atoms with Gasteiger partial charge in [0.25, 0.3) is 11.8 Å². The number of amides is 4. The lowest BCUT2D eigenvalue weighted by Gasteiger charge is -2.26. The van der Waals surface area contributed by atoms with Crippen molar-refractivity contribution >= 4 is 57.7 Å². The van der Waals surface area contributed by atoms with Crippen LogP contribution in [0.2, 0.25) is 0 Å². The average Bonchev–Trinajstić information content (AvgIpc) is 3.97. The number of aryl methyl sites for hydroxylation is 2. The van der Waals surface area contributed by atoms with Crippen LogP contribution < -0.4 is 26.8 Å². The number of hydrogen-bond acceptors (Lipinski definition) is 12. The van der Waals surface area contributed by atoms with E-state index in [1.165, 1.54) is 12.3 Å². The van der Waals surface area contributed by atoms with Gasteiger partial charge in [-0.2, -0.15) is 10.2 Å². The summed E-state index contributed by atoms with van der Waals surface area (Å²) in [5.41, 5.74) is 14.9.